The molecule has 1 aromatic rings. The fraction of sp³-hybridized carbons (Fsp3) is 0.586. The summed E-state index contributed by atoms with van der Waals surface area (Å²) in [6, 6.07) is 6.05. The number of carbonyl (C=O) groups is 2. The number of methoxy groups -OCH3 is 1. The topological polar surface area (TPSA) is 52.6 Å². The molecule has 0 aliphatic carbocycles. The Kier molecular flexibility index (Phi) is 14.6. The molecule has 0 radical (unpaired) electrons. The van der Waals surface area contributed by atoms with Crippen LogP contribution in [0.4, 0.5) is 13.2 Å². The second kappa shape index (κ2) is 16.2. The Bertz CT molecular complexity index is 898. The molecule has 0 spiro atoms. The summed E-state index contributed by atoms with van der Waals surface area (Å²) in [4.78, 5) is 24.4. The summed E-state index contributed by atoms with van der Waals surface area (Å²) in [5.41, 5.74) is 0.715. The Labute approximate surface area is 224 Å². The van der Waals surface area contributed by atoms with E-state index in [9.17, 15) is 9.59 Å². The maximum absolute atomic E-state index is 15.2. The Morgan fingerprint density at radius 1 is 0.865 bits per heavy atom. The van der Waals surface area contributed by atoms with Crippen LogP contribution in [0.15, 0.2) is 40.0 Å². The third-order valence-electron chi connectivity index (χ3n) is 6.75. The summed E-state index contributed by atoms with van der Waals surface area (Å²) in [6.07, 6.45) is 0.00396. The number of rotatable bonds is 16. The molecular weight excluding hydrogens is 588 g/mol. The molecule has 0 aromatic heterocycles. The van der Waals surface area contributed by atoms with E-state index < -0.39 is 36.5 Å². The van der Waals surface area contributed by atoms with Crippen molar-refractivity contribution >= 4 is 35.9 Å². The van der Waals surface area contributed by atoms with Gasteiger partial charge in [0.2, 0.25) is 0 Å². The van der Waals surface area contributed by atoms with E-state index >= 15 is 13.2 Å². The van der Waals surface area contributed by atoms with Crippen LogP contribution >= 0.6 is 0 Å². The molecule has 0 N–H and O–H groups in total. The van der Waals surface area contributed by atoms with Crippen LogP contribution in [0.25, 0.3) is 5.57 Å². The van der Waals surface area contributed by atoms with Crippen molar-refractivity contribution in [3.63, 3.8) is 0 Å². The average molecular weight is 631 g/mol. The van der Waals surface area contributed by atoms with Crippen LogP contribution in [-0.2, 0) is 14.3 Å². The predicted octanol–water partition coefficient (Wildman–Crippen LogP) is 8.69. The summed E-state index contributed by atoms with van der Waals surface area (Å²) in [6.45, 7) is 11.7. The van der Waals surface area contributed by atoms with Gasteiger partial charge in [0.1, 0.15) is 0 Å². The number of esters is 2. The van der Waals surface area contributed by atoms with E-state index in [1.807, 2.05) is 20.8 Å². The first-order chi connectivity index (χ1) is 17.5. The van der Waals surface area contributed by atoms with Gasteiger partial charge < -0.3 is 0 Å². The van der Waals surface area contributed by atoms with Crippen molar-refractivity contribution < 1.29 is 32.2 Å². The van der Waals surface area contributed by atoms with Crippen molar-refractivity contribution in [2.75, 3.05) is 13.7 Å². The van der Waals surface area contributed by atoms with Gasteiger partial charge in [-0.05, 0) is 0 Å². The minimum absolute atomic E-state index is 0.0182. The number of halogens is 3. The molecule has 8 heteroatoms. The van der Waals surface area contributed by atoms with Gasteiger partial charge in [0, 0.05) is 0 Å². The number of benzene rings is 1. The van der Waals surface area contributed by atoms with Crippen LogP contribution in [-0.4, -0.2) is 50.2 Å². The third kappa shape index (κ3) is 9.80. The fourth-order valence-electron chi connectivity index (χ4n) is 4.87. The van der Waals surface area contributed by atoms with Crippen LogP contribution in [0.5, 0.6) is 0 Å². The second-order valence-electron chi connectivity index (χ2n) is 9.51. The molecule has 0 atom stereocenters. The van der Waals surface area contributed by atoms with Crippen molar-refractivity contribution in [1.29, 1.82) is 0 Å². The van der Waals surface area contributed by atoms with Crippen LogP contribution in [0, 0.1) is 0 Å². The molecule has 1 rings (SSSR count). The van der Waals surface area contributed by atoms with E-state index in [0.717, 1.165) is 38.5 Å². The molecule has 0 saturated heterocycles. The quantitative estimate of drug-likeness (QED) is 0.104. The summed E-state index contributed by atoms with van der Waals surface area (Å²) >= 11 is -4.07. The zero-order chi connectivity index (χ0) is 28.1. The number of hydrogen-bond acceptors (Lipinski definition) is 4. The Hall–Kier alpha value is -1.77. The van der Waals surface area contributed by atoms with Crippen molar-refractivity contribution in [1.82, 2.24) is 0 Å². The van der Waals surface area contributed by atoms with Gasteiger partial charge in [0.05, 0.1) is 0 Å². The summed E-state index contributed by atoms with van der Waals surface area (Å²) in [5, 5.41) is 0. The summed E-state index contributed by atoms with van der Waals surface area (Å²) < 4.78 is 57.1. The van der Waals surface area contributed by atoms with Crippen LogP contribution in [0.3, 0.4) is 0 Å². The van der Waals surface area contributed by atoms with Gasteiger partial charge in [-0.25, -0.2) is 0 Å². The molecule has 0 bridgehead atoms. The molecule has 0 aliphatic rings. The molecule has 0 saturated carbocycles. The SMILES string of the molecule is C=C(C/C(=[C](\C(F)(F)F)[Sn]([CH2]CCC)([CH2]CCC)[CH2]CCC)c1ccc(C(=O)OCC)cc1)C(=O)OC. The van der Waals surface area contributed by atoms with Crippen molar-refractivity contribution in [2.24, 2.45) is 0 Å². The van der Waals surface area contributed by atoms with Crippen LogP contribution in [0.1, 0.15) is 88.6 Å². The van der Waals surface area contributed by atoms with Gasteiger partial charge in [-0.3, -0.25) is 0 Å². The van der Waals surface area contributed by atoms with Gasteiger partial charge in [-0.2, -0.15) is 0 Å². The van der Waals surface area contributed by atoms with Gasteiger partial charge >= 0.3 is 225 Å². The molecule has 0 unspecified atom stereocenters. The standard InChI is InChI=1S/C17H16F3O4.3C4H9.Sn/c1-4-24-16(22)13-7-5-12(6-8-13)14(10-17(18,19)20)9-11(2)15(21)23-3;3*1-3-4-2;/h5-8H,2,4,9H2,1,3H3;3*1,3-4H2,2H3;. The van der Waals surface area contributed by atoms with Crippen molar-refractivity contribution in [3.05, 3.63) is 51.1 Å². The molecule has 4 nitrogen and oxygen atoms in total. The minimum atomic E-state index is -4.53. The number of carbonyl (C=O) groups excluding carboxylic acids is 2. The van der Waals surface area contributed by atoms with Crippen molar-refractivity contribution in [2.45, 2.75) is 92.1 Å². The average Bonchev–Trinajstić information content (AvgIpc) is 2.87. The number of hydrogen-bond donors (Lipinski definition) is 0. The molecule has 0 aliphatic heterocycles. The molecular formula is C29H43F3O4Sn. The second-order valence-corrected chi connectivity index (χ2v) is 22.5. The maximum atomic E-state index is 15.2. The molecule has 208 valence electrons. The molecule has 37 heavy (non-hydrogen) atoms. The molecule has 0 amide bonds. The molecule has 0 heterocycles. The van der Waals surface area contributed by atoms with E-state index in [2.05, 4.69) is 6.58 Å². The first-order valence-electron chi connectivity index (χ1n) is 13.4. The first-order valence-corrected chi connectivity index (χ1v) is 20.8. The summed E-state index contributed by atoms with van der Waals surface area (Å²) in [7, 11) is 1.20. The first kappa shape index (κ1) is 33.3. The Morgan fingerprint density at radius 3 is 1.70 bits per heavy atom. The number of allylic oxidation sites excluding steroid dienone is 2. The van der Waals surface area contributed by atoms with Crippen LogP contribution in [0.2, 0.25) is 13.3 Å². The monoisotopic (exact) mass is 632 g/mol. The van der Waals surface area contributed by atoms with Gasteiger partial charge in [-0.15, -0.1) is 0 Å². The van der Waals surface area contributed by atoms with E-state index in [0.29, 0.717) is 18.9 Å². The number of ether oxygens (including phenoxy) is 2. The fourth-order valence-corrected chi connectivity index (χ4v) is 22.2. The molecule has 0 fully saturated rings. The summed E-state index contributed by atoms with van der Waals surface area (Å²) in [5.74, 6) is -1.25. The Balaban J connectivity index is 3.99. The van der Waals surface area contributed by atoms with E-state index in [4.69, 9.17) is 9.47 Å². The van der Waals surface area contributed by atoms with Gasteiger partial charge in [0.15, 0.2) is 0 Å². The number of alkyl halides is 3. The Morgan fingerprint density at radius 2 is 1.32 bits per heavy atom. The normalized spacial score (nSPS) is 12.6. The third-order valence-corrected chi connectivity index (χ3v) is 22.7. The van der Waals surface area contributed by atoms with E-state index in [-0.39, 0.29) is 33.3 Å². The van der Waals surface area contributed by atoms with Crippen molar-refractivity contribution in [3.8, 4) is 0 Å². The zero-order valence-corrected chi connectivity index (χ0v) is 25.9. The van der Waals surface area contributed by atoms with E-state index in [1.54, 1.807) is 6.92 Å². The van der Waals surface area contributed by atoms with Crippen LogP contribution < -0.4 is 0 Å². The number of unbranched alkanes of at least 4 members (excludes halogenated alkanes) is 3. The van der Waals surface area contributed by atoms with E-state index in [1.165, 1.54) is 31.4 Å². The zero-order valence-electron chi connectivity index (χ0n) is 23.1. The van der Waals surface area contributed by atoms with Gasteiger partial charge in [-0.1, -0.05) is 0 Å². The predicted molar refractivity (Wildman–Crippen MR) is 146 cm³/mol. The molecule has 1 aromatic carbocycles. The van der Waals surface area contributed by atoms with Gasteiger partial charge in [0.25, 0.3) is 0 Å².